The predicted molar refractivity (Wildman–Crippen MR) is 95.0 cm³/mol. The molecule has 1 unspecified atom stereocenters. The number of nitrogens with one attached hydrogen (secondary N) is 1. The quantitative estimate of drug-likeness (QED) is 0.490. The summed E-state index contributed by atoms with van der Waals surface area (Å²) in [5.41, 5.74) is 2.83. The van der Waals surface area contributed by atoms with Gasteiger partial charge in [0, 0.05) is 6.04 Å². The molecule has 0 amide bonds. The third-order valence-corrected chi connectivity index (χ3v) is 4.30. The summed E-state index contributed by atoms with van der Waals surface area (Å²) in [6.07, 6.45) is 12.2. The first kappa shape index (κ1) is 18.2. The summed E-state index contributed by atoms with van der Waals surface area (Å²) >= 11 is 0. The lowest BCUT2D eigenvalue weighted by Crippen LogP contribution is -2.29. The van der Waals surface area contributed by atoms with Crippen LogP contribution in [0.5, 0.6) is 0 Å². The smallest absolute Gasteiger partial charge is 0.00701 e. The lowest BCUT2D eigenvalue weighted by molar-refractivity contribution is 0.439. The van der Waals surface area contributed by atoms with E-state index in [4.69, 9.17) is 0 Å². The van der Waals surface area contributed by atoms with Crippen LogP contribution in [0.1, 0.15) is 76.3 Å². The van der Waals surface area contributed by atoms with Crippen LogP contribution in [0.4, 0.5) is 0 Å². The van der Waals surface area contributed by atoms with E-state index >= 15 is 0 Å². The highest BCUT2D eigenvalue weighted by Gasteiger charge is 2.07. The Morgan fingerprint density at radius 3 is 2.19 bits per heavy atom. The number of hydrogen-bond acceptors (Lipinski definition) is 1. The first-order valence-electron chi connectivity index (χ1n) is 9.05. The molecule has 1 heteroatoms. The number of hydrogen-bond donors (Lipinski definition) is 1. The minimum atomic E-state index is 0.697. The van der Waals surface area contributed by atoms with Crippen molar-refractivity contribution in [1.29, 1.82) is 0 Å². The van der Waals surface area contributed by atoms with Crippen molar-refractivity contribution < 1.29 is 0 Å². The van der Waals surface area contributed by atoms with Crippen LogP contribution in [0.25, 0.3) is 0 Å². The summed E-state index contributed by atoms with van der Waals surface area (Å²) in [4.78, 5) is 0. The van der Waals surface area contributed by atoms with Gasteiger partial charge < -0.3 is 5.32 Å². The van der Waals surface area contributed by atoms with E-state index in [0.717, 1.165) is 6.54 Å². The van der Waals surface area contributed by atoms with Crippen molar-refractivity contribution in [3.63, 3.8) is 0 Å². The van der Waals surface area contributed by atoms with E-state index in [0.29, 0.717) is 6.04 Å². The molecule has 0 spiro atoms. The van der Waals surface area contributed by atoms with Gasteiger partial charge in [0.25, 0.3) is 0 Å². The second kappa shape index (κ2) is 11.8. The van der Waals surface area contributed by atoms with Gasteiger partial charge >= 0.3 is 0 Å². The van der Waals surface area contributed by atoms with Gasteiger partial charge in [-0.2, -0.15) is 0 Å². The van der Waals surface area contributed by atoms with E-state index in [9.17, 15) is 0 Å². The van der Waals surface area contributed by atoms with E-state index in [1.807, 2.05) is 0 Å². The van der Waals surface area contributed by atoms with Gasteiger partial charge in [-0.25, -0.2) is 0 Å². The summed E-state index contributed by atoms with van der Waals surface area (Å²) in [5, 5.41) is 3.67. The molecular formula is C20H35N. The fourth-order valence-corrected chi connectivity index (χ4v) is 2.90. The summed E-state index contributed by atoms with van der Waals surface area (Å²) in [6, 6.07) is 9.71. The molecule has 0 aliphatic heterocycles. The largest absolute Gasteiger partial charge is 0.314 e. The molecule has 0 heterocycles. The Balaban J connectivity index is 2.21. The zero-order chi connectivity index (χ0) is 15.3. The van der Waals surface area contributed by atoms with E-state index in [1.54, 1.807) is 0 Å². The fraction of sp³-hybridized carbons (Fsp3) is 0.700. The first-order chi connectivity index (χ1) is 10.3. The normalized spacial score (nSPS) is 12.5. The number of rotatable bonds is 12. The topological polar surface area (TPSA) is 12.0 Å². The molecule has 0 aliphatic carbocycles. The highest BCUT2D eigenvalue weighted by molar-refractivity contribution is 5.21. The third-order valence-electron chi connectivity index (χ3n) is 4.30. The van der Waals surface area contributed by atoms with Crippen LogP contribution in [-0.2, 0) is 6.42 Å². The van der Waals surface area contributed by atoms with Crippen LogP contribution >= 0.6 is 0 Å². The van der Waals surface area contributed by atoms with Crippen LogP contribution in [0.2, 0.25) is 0 Å². The van der Waals surface area contributed by atoms with Crippen LogP contribution in [-0.4, -0.2) is 12.6 Å². The van der Waals surface area contributed by atoms with Gasteiger partial charge in [0.1, 0.15) is 0 Å². The van der Waals surface area contributed by atoms with E-state index in [2.05, 4.69) is 50.4 Å². The number of unbranched alkanes of at least 4 members (excludes halogenated alkanes) is 5. The summed E-state index contributed by atoms with van der Waals surface area (Å²) in [6.45, 7) is 7.75. The molecule has 0 radical (unpaired) electrons. The standard InChI is InChI=1S/C20H35N/c1-4-6-7-8-9-10-11-20(21-5-2)17-16-19-14-12-18(3)13-15-19/h12-15,20-21H,4-11,16-17H2,1-3H3. The Morgan fingerprint density at radius 1 is 0.857 bits per heavy atom. The van der Waals surface area contributed by atoms with Crippen LogP contribution in [0.3, 0.4) is 0 Å². The lowest BCUT2D eigenvalue weighted by atomic mass is 9.99. The van der Waals surface area contributed by atoms with Crippen molar-refractivity contribution in [2.75, 3.05) is 6.54 Å². The molecule has 1 N–H and O–H groups in total. The van der Waals surface area contributed by atoms with Gasteiger partial charge in [-0.1, -0.05) is 82.2 Å². The molecule has 120 valence electrons. The number of aryl methyl sites for hydroxylation is 2. The Bertz CT molecular complexity index is 341. The second-order valence-corrected chi connectivity index (χ2v) is 6.34. The molecule has 0 bridgehead atoms. The van der Waals surface area contributed by atoms with Gasteiger partial charge in [0.2, 0.25) is 0 Å². The molecule has 0 aliphatic rings. The molecule has 0 saturated carbocycles. The molecule has 1 atom stereocenters. The van der Waals surface area contributed by atoms with Gasteiger partial charge in [-0.15, -0.1) is 0 Å². The van der Waals surface area contributed by atoms with Crippen LogP contribution in [0, 0.1) is 6.92 Å². The Hall–Kier alpha value is -0.820. The molecule has 1 nitrogen and oxygen atoms in total. The minimum Gasteiger partial charge on any atom is -0.314 e. The highest BCUT2D eigenvalue weighted by atomic mass is 14.9. The zero-order valence-electron chi connectivity index (χ0n) is 14.5. The predicted octanol–water partition coefficient (Wildman–Crippen LogP) is 5.66. The van der Waals surface area contributed by atoms with Crippen molar-refractivity contribution in [2.24, 2.45) is 0 Å². The van der Waals surface area contributed by atoms with Crippen LogP contribution in [0.15, 0.2) is 24.3 Å². The zero-order valence-corrected chi connectivity index (χ0v) is 14.5. The Morgan fingerprint density at radius 2 is 1.52 bits per heavy atom. The molecule has 21 heavy (non-hydrogen) atoms. The minimum absolute atomic E-state index is 0.697. The second-order valence-electron chi connectivity index (χ2n) is 6.34. The molecule has 0 fully saturated rings. The molecule has 1 rings (SSSR count). The first-order valence-corrected chi connectivity index (χ1v) is 9.05. The monoisotopic (exact) mass is 289 g/mol. The average Bonchev–Trinajstić information content (AvgIpc) is 2.49. The van der Waals surface area contributed by atoms with E-state index < -0.39 is 0 Å². The van der Waals surface area contributed by atoms with Crippen molar-refractivity contribution >= 4 is 0 Å². The maximum Gasteiger partial charge on any atom is 0.00701 e. The third kappa shape index (κ3) is 8.93. The fourth-order valence-electron chi connectivity index (χ4n) is 2.90. The Labute approximate surface area is 132 Å². The molecule has 1 aromatic carbocycles. The van der Waals surface area contributed by atoms with Crippen molar-refractivity contribution in [1.82, 2.24) is 5.32 Å². The van der Waals surface area contributed by atoms with E-state index in [-0.39, 0.29) is 0 Å². The van der Waals surface area contributed by atoms with Crippen molar-refractivity contribution in [3.05, 3.63) is 35.4 Å². The Kier molecular flexibility index (Phi) is 10.2. The molecular weight excluding hydrogens is 254 g/mol. The molecule has 0 saturated heterocycles. The van der Waals surface area contributed by atoms with Gasteiger partial charge in [0.15, 0.2) is 0 Å². The maximum atomic E-state index is 3.67. The summed E-state index contributed by atoms with van der Waals surface area (Å²) in [7, 11) is 0. The summed E-state index contributed by atoms with van der Waals surface area (Å²) in [5.74, 6) is 0. The highest BCUT2D eigenvalue weighted by Crippen LogP contribution is 2.13. The number of benzene rings is 1. The maximum absolute atomic E-state index is 3.67. The summed E-state index contributed by atoms with van der Waals surface area (Å²) < 4.78 is 0. The molecule has 0 aromatic heterocycles. The van der Waals surface area contributed by atoms with Gasteiger partial charge in [-0.05, 0) is 38.3 Å². The SMILES string of the molecule is CCCCCCCCC(CCc1ccc(C)cc1)NCC. The van der Waals surface area contributed by atoms with Gasteiger partial charge in [0.05, 0.1) is 0 Å². The van der Waals surface area contributed by atoms with Crippen molar-refractivity contribution in [2.45, 2.75) is 84.6 Å². The lowest BCUT2D eigenvalue weighted by Gasteiger charge is -2.18. The van der Waals surface area contributed by atoms with Gasteiger partial charge in [-0.3, -0.25) is 0 Å². The molecule has 1 aromatic rings. The van der Waals surface area contributed by atoms with Crippen LogP contribution < -0.4 is 5.32 Å². The average molecular weight is 290 g/mol. The van der Waals surface area contributed by atoms with E-state index in [1.165, 1.54) is 68.9 Å². The van der Waals surface area contributed by atoms with Crippen molar-refractivity contribution in [3.8, 4) is 0 Å².